The van der Waals surface area contributed by atoms with E-state index < -0.39 is 5.97 Å². The molecule has 0 radical (unpaired) electrons. The Bertz CT molecular complexity index is 739. The standard InChI is InChI=1S/C21H27NO3/c1-3-4-5-6-11-19-17(20(23)12-15(2)13-21(24)25)14-16-9-7-8-10-18(16)22-19/h7-10,14-15H,3-6,11-13H2,1-2H3,(H,24,25). The summed E-state index contributed by atoms with van der Waals surface area (Å²) in [5, 5.41) is 9.86. The number of benzene rings is 1. The second-order valence-electron chi connectivity index (χ2n) is 6.82. The minimum absolute atomic E-state index is 0.00232. The van der Waals surface area contributed by atoms with Gasteiger partial charge in [0.1, 0.15) is 0 Å². The summed E-state index contributed by atoms with van der Waals surface area (Å²) >= 11 is 0. The van der Waals surface area contributed by atoms with Crippen molar-refractivity contribution in [2.45, 2.75) is 58.8 Å². The molecule has 0 bridgehead atoms. The fraction of sp³-hybridized carbons (Fsp3) is 0.476. The zero-order chi connectivity index (χ0) is 18.2. The van der Waals surface area contributed by atoms with Crippen molar-refractivity contribution >= 4 is 22.7 Å². The van der Waals surface area contributed by atoms with Gasteiger partial charge in [-0.3, -0.25) is 14.6 Å². The number of hydrogen-bond donors (Lipinski definition) is 1. The Morgan fingerprint density at radius 3 is 2.60 bits per heavy atom. The number of pyridine rings is 1. The predicted octanol–water partition coefficient (Wildman–Crippen LogP) is 5.04. The molecule has 1 aromatic heterocycles. The Morgan fingerprint density at radius 1 is 1.12 bits per heavy atom. The van der Waals surface area contributed by atoms with Gasteiger partial charge in [-0.2, -0.15) is 0 Å². The highest BCUT2D eigenvalue weighted by atomic mass is 16.4. The molecular weight excluding hydrogens is 314 g/mol. The average molecular weight is 341 g/mol. The molecule has 0 aliphatic carbocycles. The fourth-order valence-corrected chi connectivity index (χ4v) is 3.10. The van der Waals surface area contributed by atoms with Crippen LogP contribution in [-0.4, -0.2) is 21.8 Å². The molecule has 1 aromatic carbocycles. The van der Waals surface area contributed by atoms with Gasteiger partial charge in [-0.05, 0) is 30.9 Å². The molecule has 0 aliphatic heterocycles. The number of unbranched alkanes of at least 4 members (excludes halogenated alkanes) is 3. The van der Waals surface area contributed by atoms with Gasteiger partial charge in [-0.1, -0.05) is 51.3 Å². The molecule has 0 amide bonds. The number of ketones is 1. The number of hydrogen-bond acceptors (Lipinski definition) is 3. The van der Waals surface area contributed by atoms with E-state index in [4.69, 9.17) is 10.1 Å². The molecule has 1 heterocycles. The number of fused-ring (bicyclic) bond motifs is 1. The Balaban J connectivity index is 2.24. The average Bonchev–Trinajstić information content (AvgIpc) is 2.57. The van der Waals surface area contributed by atoms with Crippen LogP contribution in [0.5, 0.6) is 0 Å². The van der Waals surface area contributed by atoms with Crippen LogP contribution in [0, 0.1) is 5.92 Å². The largest absolute Gasteiger partial charge is 0.481 e. The molecule has 4 heteroatoms. The molecule has 25 heavy (non-hydrogen) atoms. The first kappa shape index (κ1) is 19.1. The van der Waals surface area contributed by atoms with Gasteiger partial charge < -0.3 is 5.11 Å². The molecule has 2 aromatic rings. The van der Waals surface area contributed by atoms with Crippen LogP contribution >= 0.6 is 0 Å². The molecule has 0 aliphatic rings. The van der Waals surface area contributed by atoms with Gasteiger partial charge in [0.15, 0.2) is 5.78 Å². The van der Waals surface area contributed by atoms with Gasteiger partial charge >= 0.3 is 5.97 Å². The van der Waals surface area contributed by atoms with E-state index in [9.17, 15) is 9.59 Å². The van der Waals surface area contributed by atoms with Crippen molar-refractivity contribution in [3.63, 3.8) is 0 Å². The summed E-state index contributed by atoms with van der Waals surface area (Å²) in [5.41, 5.74) is 2.41. The highest BCUT2D eigenvalue weighted by Crippen LogP contribution is 2.22. The summed E-state index contributed by atoms with van der Waals surface area (Å²) in [6.45, 7) is 3.98. The van der Waals surface area contributed by atoms with E-state index in [-0.39, 0.29) is 24.5 Å². The maximum Gasteiger partial charge on any atom is 0.303 e. The zero-order valence-corrected chi connectivity index (χ0v) is 15.1. The van der Waals surface area contributed by atoms with Crippen molar-refractivity contribution in [3.05, 3.63) is 41.6 Å². The van der Waals surface area contributed by atoms with Gasteiger partial charge in [0.2, 0.25) is 0 Å². The number of aryl methyl sites for hydroxylation is 1. The Labute approximate surface area is 149 Å². The summed E-state index contributed by atoms with van der Waals surface area (Å²) in [4.78, 5) is 28.3. The third-order valence-corrected chi connectivity index (χ3v) is 4.43. The number of carbonyl (C=O) groups excluding carboxylic acids is 1. The van der Waals surface area contributed by atoms with Gasteiger partial charge in [0.25, 0.3) is 0 Å². The third kappa shape index (κ3) is 5.66. The number of rotatable bonds is 10. The van der Waals surface area contributed by atoms with E-state index in [0.717, 1.165) is 35.9 Å². The van der Waals surface area contributed by atoms with Gasteiger partial charge in [-0.25, -0.2) is 0 Å². The lowest BCUT2D eigenvalue weighted by Crippen LogP contribution is -2.13. The Morgan fingerprint density at radius 2 is 1.88 bits per heavy atom. The SMILES string of the molecule is CCCCCCc1nc2ccccc2cc1C(=O)CC(C)CC(=O)O. The van der Waals surface area contributed by atoms with Crippen molar-refractivity contribution < 1.29 is 14.7 Å². The van der Waals surface area contributed by atoms with Crippen LogP contribution < -0.4 is 0 Å². The van der Waals surface area contributed by atoms with Crippen LogP contribution in [0.1, 0.15) is 68.4 Å². The monoisotopic (exact) mass is 341 g/mol. The van der Waals surface area contributed by atoms with Crippen LogP contribution in [0.3, 0.4) is 0 Å². The quantitative estimate of drug-likeness (QED) is 0.485. The Hall–Kier alpha value is -2.23. The molecule has 134 valence electrons. The molecule has 1 atom stereocenters. The fourth-order valence-electron chi connectivity index (χ4n) is 3.10. The normalized spacial score (nSPS) is 12.2. The molecule has 1 N–H and O–H groups in total. The number of nitrogens with zero attached hydrogens (tertiary/aromatic N) is 1. The maximum atomic E-state index is 12.8. The lowest BCUT2D eigenvalue weighted by atomic mass is 9.94. The third-order valence-electron chi connectivity index (χ3n) is 4.43. The van der Waals surface area contributed by atoms with Crippen molar-refractivity contribution in [2.24, 2.45) is 5.92 Å². The highest BCUT2D eigenvalue weighted by Gasteiger charge is 2.18. The van der Waals surface area contributed by atoms with E-state index in [1.54, 1.807) is 6.92 Å². The van der Waals surface area contributed by atoms with E-state index in [0.29, 0.717) is 5.56 Å². The minimum atomic E-state index is -0.864. The molecule has 1 unspecified atom stereocenters. The van der Waals surface area contributed by atoms with Crippen LogP contribution in [-0.2, 0) is 11.2 Å². The smallest absolute Gasteiger partial charge is 0.303 e. The predicted molar refractivity (Wildman–Crippen MR) is 100.0 cm³/mol. The van der Waals surface area contributed by atoms with Crippen LogP contribution in [0.25, 0.3) is 10.9 Å². The maximum absolute atomic E-state index is 12.8. The van der Waals surface area contributed by atoms with Crippen LogP contribution in [0.2, 0.25) is 0 Å². The van der Waals surface area contributed by atoms with Gasteiger partial charge in [-0.15, -0.1) is 0 Å². The lowest BCUT2D eigenvalue weighted by molar-refractivity contribution is -0.137. The first-order valence-electron chi connectivity index (χ1n) is 9.15. The minimum Gasteiger partial charge on any atom is -0.481 e. The number of para-hydroxylation sites is 1. The summed E-state index contributed by atoms with van der Waals surface area (Å²) in [5.74, 6) is -1.04. The van der Waals surface area contributed by atoms with Crippen LogP contribution in [0.4, 0.5) is 0 Å². The second kappa shape index (κ2) is 9.30. The van der Waals surface area contributed by atoms with Gasteiger partial charge in [0.05, 0.1) is 11.2 Å². The summed E-state index contributed by atoms with van der Waals surface area (Å²) < 4.78 is 0. The number of carbonyl (C=O) groups is 2. The van der Waals surface area contributed by atoms with Crippen molar-refractivity contribution in [1.29, 1.82) is 0 Å². The molecular formula is C21H27NO3. The molecule has 2 rings (SSSR count). The Kier molecular flexibility index (Phi) is 7.11. The van der Waals surface area contributed by atoms with Gasteiger partial charge in [0, 0.05) is 23.8 Å². The number of carboxylic acids is 1. The number of carboxylic acid groups (broad SMARTS) is 1. The highest BCUT2D eigenvalue weighted by molar-refractivity contribution is 6.00. The number of aliphatic carboxylic acids is 1. The van der Waals surface area contributed by atoms with Crippen molar-refractivity contribution in [2.75, 3.05) is 0 Å². The zero-order valence-electron chi connectivity index (χ0n) is 15.1. The summed E-state index contributed by atoms with van der Waals surface area (Å²) in [6, 6.07) is 9.74. The van der Waals surface area contributed by atoms with E-state index in [1.165, 1.54) is 12.8 Å². The van der Waals surface area contributed by atoms with E-state index in [2.05, 4.69) is 6.92 Å². The molecule has 0 saturated heterocycles. The number of aromatic nitrogens is 1. The topological polar surface area (TPSA) is 67.3 Å². The van der Waals surface area contributed by atoms with E-state index >= 15 is 0 Å². The first-order valence-corrected chi connectivity index (χ1v) is 9.15. The summed E-state index contributed by atoms with van der Waals surface area (Å²) in [7, 11) is 0. The van der Waals surface area contributed by atoms with E-state index in [1.807, 2.05) is 30.3 Å². The molecule has 0 fully saturated rings. The number of Topliss-reactive ketones (excluding diaryl/α,β-unsaturated/α-hetero) is 1. The van der Waals surface area contributed by atoms with Crippen molar-refractivity contribution in [3.8, 4) is 0 Å². The molecule has 0 spiro atoms. The van der Waals surface area contributed by atoms with Crippen LogP contribution in [0.15, 0.2) is 30.3 Å². The van der Waals surface area contributed by atoms with Crippen molar-refractivity contribution in [1.82, 2.24) is 4.98 Å². The lowest BCUT2D eigenvalue weighted by Gasteiger charge is -2.12. The molecule has 4 nitrogen and oxygen atoms in total. The first-order chi connectivity index (χ1) is 12.0. The molecule has 0 saturated carbocycles. The summed E-state index contributed by atoms with van der Waals surface area (Å²) in [6.07, 6.45) is 5.56. The second-order valence-corrected chi connectivity index (χ2v) is 6.82.